The van der Waals surface area contributed by atoms with Crippen molar-refractivity contribution in [3.05, 3.63) is 69.2 Å². The number of fused-ring (bicyclic) bond motifs is 1. The first-order valence-electron chi connectivity index (χ1n) is 10.3. The predicted molar refractivity (Wildman–Crippen MR) is 117 cm³/mol. The van der Waals surface area contributed by atoms with Crippen molar-refractivity contribution in [1.29, 1.82) is 0 Å². The number of nitrogens with zero attached hydrogens (tertiary/aromatic N) is 1. The number of nitrogens with one attached hydrogen (secondary N) is 2. The lowest BCUT2D eigenvalue weighted by Gasteiger charge is -2.29. The first-order valence-corrected chi connectivity index (χ1v) is 10.7. The summed E-state index contributed by atoms with van der Waals surface area (Å²) in [6.07, 6.45) is 0.529. The van der Waals surface area contributed by atoms with Gasteiger partial charge in [-0.05, 0) is 47.7 Å². The van der Waals surface area contributed by atoms with E-state index in [1.165, 1.54) is 4.90 Å². The number of hydrogen-bond acceptors (Lipinski definition) is 5. The molecule has 0 saturated carbocycles. The monoisotopic (exact) mass is 454 g/mol. The van der Waals surface area contributed by atoms with Crippen LogP contribution in [0.2, 0.25) is 5.02 Å². The number of aryl methyl sites for hydroxylation is 1. The maximum absolute atomic E-state index is 12.8. The molecule has 4 N–H and O–H groups in total. The number of primary amides is 1. The second kappa shape index (κ2) is 8.72. The zero-order chi connectivity index (χ0) is 23.0. The third-order valence-corrected chi connectivity index (χ3v) is 6.32. The van der Waals surface area contributed by atoms with Crippen LogP contribution in [-0.4, -0.2) is 34.6 Å². The van der Waals surface area contributed by atoms with Gasteiger partial charge < -0.3 is 10.6 Å². The summed E-state index contributed by atoms with van der Waals surface area (Å²) >= 11 is 6.19. The molecule has 2 aromatic rings. The highest BCUT2D eigenvalue weighted by atomic mass is 35.5. The first kappa shape index (κ1) is 22.0. The average Bonchev–Trinajstić information content (AvgIpc) is 3.06. The lowest BCUT2D eigenvalue weighted by Crippen LogP contribution is -2.52. The van der Waals surface area contributed by atoms with Crippen molar-refractivity contribution in [2.45, 2.75) is 44.9 Å². The van der Waals surface area contributed by atoms with Gasteiger partial charge in [0.2, 0.25) is 17.7 Å². The molecule has 32 heavy (non-hydrogen) atoms. The van der Waals surface area contributed by atoms with Crippen LogP contribution in [0.1, 0.15) is 51.5 Å². The summed E-state index contributed by atoms with van der Waals surface area (Å²) in [7, 11) is 0. The molecule has 0 aliphatic carbocycles. The number of imide groups is 1. The Bertz CT molecular complexity index is 1130. The van der Waals surface area contributed by atoms with Gasteiger partial charge in [-0.3, -0.25) is 29.8 Å². The number of nitrogens with two attached hydrogens (primary N) is 1. The minimum absolute atomic E-state index is 0.212. The van der Waals surface area contributed by atoms with Crippen molar-refractivity contribution in [1.82, 2.24) is 15.5 Å². The van der Waals surface area contributed by atoms with E-state index in [1.807, 2.05) is 25.1 Å². The quantitative estimate of drug-likeness (QED) is 0.574. The molecule has 0 aromatic heterocycles. The van der Waals surface area contributed by atoms with Gasteiger partial charge in [0.15, 0.2) is 0 Å². The Balaban J connectivity index is 1.48. The molecule has 2 aromatic carbocycles. The fraction of sp³-hybridized carbons (Fsp3) is 0.304. The van der Waals surface area contributed by atoms with Gasteiger partial charge in [0.25, 0.3) is 5.91 Å². The van der Waals surface area contributed by atoms with Gasteiger partial charge in [-0.15, -0.1) is 0 Å². The summed E-state index contributed by atoms with van der Waals surface area (Å²) in [5.41, 5.74) is 9.38. The number of rotatable bonds is 6. The number of benzene rings is 2. The first-order chi connectivity index (χ1) is 15.2. The van der Waals surface area contributed by atoms with Gasteiger partial charge in [0, 0.05) is 30.1 Å². The van der Waals surface area contributed by atoms with Crippen molar-refractivity contribution in [3.8, 4) is 0 Å². The fourth-order valence-electron chi connectivity index (χ4n) is 4.13. The molecule has 2 aliphatic heterocycles. The Hall–Kier alpha value is -3.23. The van der Waals surface area contributed by atoms with E-state index in [4.69, 9.17) is 17.3 Å². The summed E-state index contributed by atoms with van der Waals surface area (Å²) in [6, 6.07) is 9.40. The molecule has 8 nitrogen and oxygen atoms in total. The van der Waals surface area contributed by atoms with Crippen LogP contribution < -0.4 is 16.4 Å². The van der Waals surface area contributed by atoms with Crippen LogP contribution in [0.5, 0.6) is 0 Å². The van der Waals surface area contributed by atoms with E-state index in [0.717, 1.165) is 16.7 Å². The lowest BCUT2D eigenvalue weighted by atomic mass is 10.0. The van der Waals surface area contributed by atoms with Gasteiger partial charge in [-0.2, -0.15) is 0 Å². The molecule has 2 aliphatic rings. The number of hydrogen-bond donors (Lipinski definition) is 3. The molecule has 4 rings (SSSR count). The highest BCUT2D eigenvalue weighted by molar-refractivity contribution is 6.31. The van der Waals surface area contributed by atoms with Gasteiger partial charge in [0.05, 0.1) is 0 Å². The van der Waals surface area contributed by atoms with Crippen LogP contribution in [0, 0.1) is 6.92 Å². The second-order valence-electron chi connectivity index (χ2n) is 8.12. The van der Waals surface area contributed by atoms with Crippen LogP contribution >= 0.6 is 11.6 Å². The minimum atomic E-state index is -0.719. The van der Waals surface area contributed by atoms with Gasteiger partial charge in [-0.1, -0.05) is 35.9 Å². The molecule has 166 valence electrons. The standard InChI is InChI=1S/C23H23ClN4O4/c1-12-2-4-14(9-17(12)24)20(21(25)30)26-10-13-3-5-16-15(8-13)11-28(23(16)32)18-6-7-19(29)27-22(18)31/h2-5,8-9,18,20,26H,6-7,10-11H2,1H3,(H2,25,30)(H,27,29,31). The van der Waals surface area contributed by atoms with E-state index >= 15 is 0 Å². The Kier molecular flexibility index (Phi) is 5.99. The summed E-state index contributed by atoms with van der Waals surface area (Å²) < 4.78 is 0. The van der Waals surface area contributed by atoms with E-state index in [9.17, 15) is 19.2 Å². The van der Waals surface area contributed by atoms with Crippen molar-refractivity contribution < 1.29 is 19.2 Å². The van der Waals surface area contributed by atoms with E-state index in [2.05, 4.69) is 10.6 Å². The maximum atomic E-state index is 12.8. The third-order valence-electron chi connectivity index (χ3n) is 5.91. The van der Waals surface area contributed by atoms with Crippen LogP contribution in [0.4, 0.5) is 0 Å². The molecule has 2 heterocycles. The molecule has 1 saturated heterocycles. The van der Waals surface area contributed by atoms with Crippen molar-refractivity contribution in [2.24, 2.45) is 5.73 Å². The lowest BCUT2D eigenvalue weighted by molar-refractivity contribution is -0.137. The summed E-state index contributed by atoms with van der Waals surface area (Å²) in [6.45, 7) is 2.52. The van der Waals surface area contributed by atoms with Crippen molar-refractivity contribution >= 4 is 35.2 Å². The highest BCUT2D eigenvalue weighted by Crippen LogP contribution is 2.28. The van der Waals surface area contributed by atoms with E-state index in [1.54, 1.807) is 18.2 Å². The zero-order valence-electron chi connectivity index (χ0n) is 17.5. The normalized spacial score (nSPS) is 19.0. The van der Waals surface area contributed by atoms with Gasteiger partial charge >= 0.3 is 0 Å². The number of piperidine rings is 1. The SMILES string of the molecule is Cc1ccc(C(NCc2ccc3c(c2)CN(C2CCC(=O)NC2=O)C3=O)C(N)=O)cc1Cl. The molecular formula is C23H23ClN4O4. The van der Waals surface area contributed by atoms with Crippen LogP contribution in [0.3, 0.4) is 0 Å². The van der Waals surface area contributed by atoms with Crippen molar-refractivity contribution in [2.75, 3.05) is 0 Å². The smallest absolute Gasteiger partial charge is 0.255 e. The van der Waals surface area contributed by atoms with Crippen LogP contribution in [0.25, 0.3) is 0 Å². The second-order valence-corrected chi connectivity index (χ2v) is 8.52. The Labute approximate surface area is 190 Å². The predicted octanol–water partition coefficient (Wildman–Crippen LogP) is 1.73. The summed E-state index contributed by atoms with van der Waals surface area (Å²) in [5, 5.41) is 6.01. The van der Waals surface area contributed by atoms with Gasteiger partial charge in [-0.25, -0.2) is 0 Å². The number of carbonyl (C=O) groups excluding carboxylic acids is 4. The average molecular weight is 455 g/mol. The largest absolute Gasteiger partial charge is 0.368 e. The zero-order valence-corrected chi connectivity index (χ0v) is 18.2. The fourth-order valence-corrected chi connectivity index (χ4v) is 4.32. The van der Waals surface area contributed by atoms with E-state index in [-0.39, 0.29) is 18.2 Å². The Morgan fingerprint density at radius 2 is 2.03 bits per heavy atom. The number of carbonyl (C=O) groups is 4. The number of halogens is 1. The Morgan fingerprint density at radius 1 is 1.25 bits per heavy atom. The third kappa shape index (κ3) is 4.24. The van der Waals surface area contributed by atoms with Gasteiger partial charge in [0.1, 0.15) is 12.1 Å². The molecule has 4 amide bonds. The molecule has 1 fully saturated rings. The molecule has 2 unspecified atom stereocenters. The molecular weight excluding hydrogens is 432 g/mol. The number of amides is 4. The maximum Gasteiger partial charge on any atom is 0.255 e. The molecule has 2 atom stereocenters. The summed E-state index contributed by atoms with van der Waals surface area (Å²) in [4.78, 5) is 49.9. The van der Waals surface area contributed by atoms with Crippen molar-refractivity contribution in [3.63, 3.8) is 0 Å². The van der Waals surface area contributed by atoms with Crippen LogP contribution in [0.15, 0.2) is 36.4 Å². The minimum Gasteiger partial charge on any atom is -0.368 e. The highest BCUT2D eigenvalue weighted by Gasteiger charge is 2.39. The molecule has 0 bridgehead atoms. The summed E-state index contributed by atoms with van der Waals surface area (Å²) in [5.74, 6) is -1.50. The van der Waals surface area contributed by atoms with E-state index in [0.29, 0.717) is 35.7 Å². The van der Waals surface area contributed by atoms with Crippen LogP contribution in [-0.2, 0) is 27.5 Å². The van der Waals surface area contributed by atoms with E-state index < -0.39 is 23.9 Å². The topological polar surface area (TPSA) is 122 Å². The molecule has 0 radical (unpaired) electrons. The molecule has 9 heteroatoms. The Morgan fingerprint density at radius 3 is 2.72 bits per heavy atom. The molecule has 0 spiro atoms.